The van der Waals surface area contributed by atoms with Crippen LogP contribution < -0.4 is 31.6 Å². The standard InChI is InChI=1S/C31H43N7O8/c1-37-13-10-31-18-7-9-22(27(31)46-26-21(44-3)8-6-17(25(26)31)15-20(18)37)45-30(43)38(2)14-12-34-28(42)19(5-4-11-35-29(32)33)36-23(39)16-24(40)41/h6,8-9,18-20,27H,4-5,7,10-16H2,1-3H3,(H,34,42)(H,36,39)(H,40,41)(H4,32,33,35)/t18-,19?,20+,27-,31-/m0/s1. The zero-order valence-corrected chi connectivity index (χ0v) is 26.4. The minimum atomic E-state index is -1.31. The van der Waals surface area contributed by atoms with Crippen LogP contribution in [-0.4, -0.2) is 110 Å². The predicted molar refractivity (Wildman–Crippen MR) is 166 cm³/mol. The second-order valence-electron chi connectivity index (χ2n) is 12.3. The molecule has 1 aromatic carbocycles. The van der Waals surface area contributed by atoms with E-state index in [0.29, 0.717) is 29.9 Å². The molecule has 2 heterocycles. The van der Waals surface area contributed by atoms with E-state index < -0.39 is 42.4 Å². The molecule has 2 bridgehead atoms. The Bertz CT molecular complexity index is 1440. The van der Waals surface area contributed by atoms with Crippen LogP contribution in [-0.2, 0) is 31.0 Å². The van der Waals surface area contributed by atoms with E-state index in [9.17, 15) is 19.2 Å². The average Bonchev–Trinajstić information content (AvgIpc) is 3.36. The number of methoxy groups -OCH3 is 1. The summed E-state index contributed by atoms with van der Waals surface area (Å²) in [7, 11) is 5.37. The molecule has 2 aliphatic heterocycles. The average molecular weight is 642 g/mol. The van der Waals surface area contributed by atoms with Gasteiger partial charge in [0.25, 0.3) is 0 Å². The third-order valence-corrected chi connectivity index (χ3v) is 9.60. The van der Waals surface area contributed by atoms with Crippen LogP contribution in [0.25, 0.3) is 0 Å². The van der Waals surface area contributed by atoms with E-state index >= 15 is 0 Å². The van der Waals surface area contributed by atoms with Crippen molar-refractivity contribution >= 4 is 29.8 Å². The van der Waals surface area contributed by atoms with Gasteiger partial charge in [-0.05, 0) is 69.3 Å². The number of benzene rings is 1. The molecule has 0 saturated carbocycles. The molecule has 15 heteroatoms. The smallest absolute Gasteiger partial charge is 0.414 e. The topological polar surface area (TPSA) is 211 Å². The van der Waals surface area contributed by atoms with Gasteiger partial charge in [-0.15, -0.1) is 0 Å². The number of aliphatic imine (C=N–C) groups is 1. The number of likely N-dealkylation sites (N-methyl/N-ethyl adjacent to an activating group) is 2. The van der Waals surface area contributed by atoms with Crippen molar-refractivity contribution in [2.75, 3.05) is 47.4 Å². The first-order valence-electron chi connectivity index (χ1n) is 15.5. The maximum Gasteiger partial charge on any atom is 0.414 e. The highest BCUT2D eigenvalue weighted by Crippen LogP contribution is 2.63. The summed E-state index contributed by atoms with van der Waals surface area (Å²) < 4.78 is 18.3. The number of ether oxygens (including phenoxy) is 3. The molecule has 5 atom stereocenters. The number of nitrogens with two attached hydrogens (primary N) is 2. The molecule has 250 valence electrons. The van der Waals surface area contributed by atoms with Gasteiger partial charge in [-0.1, -0.05) is 6.07 Å². The van der Waals surface area contributed by atoms with Crippen molar-refractivity contribution in [3.63, 3.8) is 0 Å². The molecule has 0 aromatic heterocycles. The SMILES string of the molecule is COc1ccc2c3c1O[C@H]1C(OC(=O)N(C)CCNC(=O)C(CCCN=C(N)N)NC(=O)CC(=O)O)=CC[C@H]4[C@@H](C2)N(C)CC[C@]314. The number of carboxylic acid groups (broad SMARTS) is 1. The Morgan fingerprint density at radius 1 is 1.28 bits per heavy atom. The molecule has 46 heavy (non-hydrogen) atoms. The van der Waals surface area contributed by atoms with Crippen molar-refractivity contribution < 1.29 is 38.5 Å². The third kappa shape index (κ3) is 6.28. The first kappa shape index (κ1) is 32.9. The van der Waals surface area contributed by atoms with Crippen molar-refractivity contribution in [2.24, 2.45) is 22.4 Å². The number of nitrogens with zero attached hydrogens (tertiary/aromatic N) is 3. The number of allylic oxidation sites excluding steroid dienone is 1. The maximum atomic E-state index is 13.3. The number of nitrogens with one attached hydrogen (secondary N) is 2. The molecule has 7 N–H and O–H groups in total. The number of carbonyl (C=O) groups excluding carboxylic acids is 3. The van der Waals surface area contributed by atoms with Crippen LogP contribution in [0, 0.1) is 5.92 Å². The number of aliphatic carboxylic acids is 1. The number of rotatable bonds is 13. The molecule has 1 unspecified atom stereocenters. The van der Waals surface area contributed by atoms with Crippen LogP contribution in [0.4, 0.5) is 4.79 Å². The van der Waals surface area contributed by atoms with Gasteiger partial charge >= 0.3 is 12.1 Å². The Hall–Kier alpha value is -4.53. The van der Waals surface area contributed by atoms with Crippen LogP contribution in [0.3, 0.4) is 0 Å². The number of carboxylic acids is 1. The Kier molecular flexibility index (Phi) is 9.60. The van der Waals surface area contributed by atoms with Gasteiger partial charge in [0.05, 0.1) is 7.11 Å². The minimum absolute atomic E-state index is 0.0641. The van der Waals surface area contributed by atoms with Crippen LogP contribution in [0.15, 0.2) is 29.0 Å². The lowest BCUT2D eigenvalue weighted by Gasteiger charge is -2.56. The fraction of sp³-hybridized carbons (Fsp3) is 0.581. The number of guanidine groups is 1. The molecule has 2 aliphatic carbocycles. The van der Waals surface area contributed by atoms with E-state index in [1.165, 1.54) is 16.0 Å². The third-order valence-electron chi connectivity index (χ3n) is 9.60. The first-order valence-corrected chi connectivity index (χ1v) is 15.5. The van der Waals surface area contributed by atoms with Gasteiger partial charge in [0.15, 0.2) is 23.6 Å². The van der Waals surface area contributed by atoms with E-state index in [2.05, 4.69) is 33.6 Å². The van der Waals surface area contributed by atoms with Gasteiger partial charge < -0.3 is 51.2 Å². The highest BCUT2D eigenvalue weighted by Gasteiger charge is 2.64. The van der Waals surface area contributed by atoms with E-state index in [-0.39, 0.29) is 37.4 Å². The number of hydrogen-bond donors (Lipinski definition) is 5. The molecule has 1 fully saturated rings. The Labute approximate surface area is 267 Å². The second-order valence-corrected chi connectivity index (χ2v) is 12.3. The lowest BCUT2D eigenvalue weighted by molar-refractivity contribution is -0.141. The van der Waals surface area contributed by atoms with Gasteiger partial charge in [-0.25, -0.2) is 4.79 Å². The van der Waals surface area contributed by atoms with Crippen molar-refractivity contribution in [1.29, 1.82) is 0 Å². The second kappa shape index (κ2) is 13.4. The molecule has 0 radical (unpaired) electrons. The number of hydrogen-bond acceptors (Lipinski definition) is 9. The zero-order valence-electron chi connectivity index (χ0n) is 26.4. The quantitative estimate of drug-likeness (QED) is 0.0841. The number of amides is 3. The number of carbonyl (C=O) groups is 4. The molecule has 1 aromatic rings. The fourth-order valence-corrected chi connectivity index (χ4v) is 7.46. The van der Waals surface area contributed by atoms with Crippen LogP contribution >= 0.6 is 0 Å². The van der Waals surface area contributed by atoms with E-state index in [1.54, 1.807) is 14.2 Å². The zero-order chi connectivity index (χ0) is 33.2. The summed E-state index contributed by atoms with van der Waals surface area (Å²) in [6.45, 7) is 1.32. The van der Waals surface area contributed by atoms with Crippen molar-refractivity contribution in [3.8, 4) is 11.5 Å². The molecular weight excluding hydrogens is 598 g/mol. The van der Waals surface area contributed by atoms with Crippen molar-refractivity contribution in [1.82, 2.24) is 20.4 Å². The van der Waals surface area contributed by atoms with Crippen molar-refractivity contribution in [2.45, 2.75) is 62.1 Å². The van der Waals surface area contributed by atoms with Crippen LogP contribution in [0.1, 0.15) is 43.2 Å². The normalized spacial score (nSPS) is 24.3. The molecule has 5 rings (SSSR count). The summed E-state index contributed by atoms with van der Waals surface area (Å²) in [4.78, 5) is 56.8. The fourth-order valence-electron chi connectivity index (χ4n) is 7.46. The summed E-state index contributed by atoms with van der Waals surface area (Å²) in [5.74, 6) is -0.534. The van der Waals surface area contributed by atoms with E-state index in [0.717, 1.165) is 31.6 Å². The van der Waals surface area contributed by atoms with Gasteiger partial charge in [0.1, 0.15) is 18.2 Å². The van der Waals surface area contributed by atoms with Gasteiger partial charge in [-0.2, -0.15) is 0 Å². The van der Waals surface area contributed by atoms with Gasteiger partial charge in [-0.3, -0.25) is 19.4 Å². The largest absolute Gasteiger partial charge is 0.493 e. The van der Waals surface area contributed by atoms with Crippen LogP contribution in [0.5, 0.6) is 11.5 Å². The summed E-state index contributed by atoms with van der Waals surface area (Å²) in [6.07, 6.45) is 3.25. The molecule has 15 nitrogen and oxygen atoms in total. The number of piperidine rings is 1. The van der Waals surface area contributed by atoms with E-state index in [4.69, 9.17) is 30.8 Å². The summed E-state index contributed by atoms with van der Waals surface area (Å²) >= 11 is 0. The molecule has 3 amide bonds. The molecule has 1 saturated heterocycles. The Morgan fingerprint density at radius 2 is 2.07 bits per heavy atom. The maximum absolute atomic E-state index is 13.3. The highest BCUT2D eigenvalue weighted by atomic mass is 16.6. The van der Waals surface area contributed by atoms with Gasteiger partial charge in [0.2, 0.25) is 11.8 Å². The molecular formula is C31H43N7O8. The molecule has 1 spiro atoms. The number of likely N-dealkylation sites (tertiary alicyclic amines) is 1. The summed E-state index contributed by atoms with van der Waals surface area (Å²) in [5.41, 5.74) is 12.8. The Morgan fingerprint density at radius 3 is 2.78 bits per heavy atom. The monoisotopic (exact) mass is 641 g/mol. The summed E-state index contributed by atoms with van der Waals surface area (Å²) in [5, 5.41) is 14.0. The Balaban J connectivity index is 1.21. The minimum Gasteiger partial charge on any atom is -0.493 e. The highest BCUT2D eigenvalue weighted by molar-refractivity contribution is 5.96. The first-order chi connectivity index (χ1) is 22.0. The summed E-state index contributed by atoms with van der Waals surface area (Å²) in [6, 6.07) is 3.43. The predicted octanol–water partition coefficient (Wildman–Crippen LogP) is 0.0557. The van der Waals surface area contributed by atoms with Crippen LogP contribution in [0.2, 0.25) is 0 Å². The van der Waals surface area contributed by atoms with E-state index in [1.807, 2.05) is 12.1 Å². The molecule has 4 aliphatic rings. The lowest BCUT2D eigenvalue weighted by atomic mass is 9.53. The lowest BCUT2D eigenvalue weighted by Crippen LogP contribution is -2.63. The van der Waals surface area contributed by atoms with Crippen molar-refractivity contribution in [3.05, 3.63) is 35.1 Å². The van der Waals surface area contributed by atoms with Gasteiger partial charge in [0, 0.05) is 43.7 Å².